The Morgan fingerprint density at radius 1 is 1.38 bits per heavy atom. The van der Waals surface area contributed by atoms with Gasteiger partial charge in [0, 0.05) is 29.0 Å². The molecule has 1 aromatic carbocycles. The van der Waals surface area contributed by atoms with Crippen molar-refractivity contribution in [3.8, 4) is 0 Å². The molecule has 0 fully saturated rings. The van der Waals surface area contributed by atoms with E-state index in [0.29, 0.717) is 29.4 Å². The topological polar surface area (TPSA) is 98.7 Å². The van der Waals surface area contributed by atoms with Gasteiger partial charge in [-0.05, 0) is 13.1 Å². The number of aromatic amines is 1. The molecule has 2 heterocycles. The number of nitrogens with one attached hydrogen (secondary N) is 1. The first kappa shape index (κ1) is 18.7. The predicted octanol–water partition coefficient (Wildman–Crippen LogP) is 1.79. The zero-order chi connectivity index (χ0) is 18.5. The van der Waals surface area contributed by atoms with Crippen LogP contribution in [0.2, 0.25) is 0 Å². The maximum absolute atomic E-state index is 12.8. The molecule has 7 nitrogen and oxygen atoms in total. The van der Waals surface area contributed by atoms with Gasteiger partial charge in [0.1, 0.15) is 0 Å². The number of thiazole rings is 1. The van der Waals surface area contributed by atoms with E-state index in [2.05, 4.69) is 9.97 Å². The van der Waals surface area contributed by atoms with Crippen LogP contribution in [0.15, 0.2) is 35.8 Å². The number of aliphatic hydroxyl groups is 2. The van der Waals surface area contributed by atoms with E-state index in [-0.39, 0.29) is 19.0 Å². The summed E-state index contributed by atoms with van der Waals surface area (Å²) in [5.41, 5.74) is 1.90. The monoisotopic (exact) mass is 375 g/mol. The van der Waals surface area contributed by atoms with E-state index in [0.717, 1.165) is 10.9 Å². The molecule has 0 saturated heterocycles. The molecule has 0 aliphatic rings. The Hall–Kier alpha value is -2.10. The molecule has 2 aromatic heterocycles. The van der Waals surface area contributed by atoms with Crippen LogP contribution in [0.1, 0.15) is 27.3 Å². The molecule has 0 saturated carbocycles. The fraction of sp³-hybridized carbons (Fsp3) is 0.333. The molecule has 3 rings (SSSR count). The quantitative estimate of drug-likeness (QED) is 0.300. The highest BCUT2D eigenvalue weighted by molar-refractivity contribution is 7.12. The van der Waals surface area contributed by atoms with Crippen LogP contribution in [-0.4, -0.2) is 64.3 Å². The lowest BCUT2D eigenvalue weighted by Gasteiger charge is -2.21. The van der Waals surface area contributed by atoms with Crippen LogP contribution in [0, 0.1) is 0 Å². The second kappa shape index (κ2) is 8.52. The van der Waals surface area contributed by atoms with Crippen LogP contribution in [0.4, 0.5) is 0 Å². The van der Waals surface area contributed by atoms with Crippen LogP contribution in [-0.2, 0) is 4.74 Å². The van der Waals surface area contributed by atoms with Crippen molar-refractivity contribution in [1.82, 2.24) is 14.9 Å². The Labute approximate surface area is 154 Å². The summed E-state index contributed by atoms with van der Waals surface area (Å²) >= 11 is 1.22. The van der Waals surface area contributed by atoms with Gasteiger partial charge < -0.3 is 19.9 Å². The van der Waals surface area contributed by atoms with E-state index in [1.807, 2.05) is 24.3 Å². The first-order chi connectivity index (χ1) is 12.6. The lowest BCUT2D eigenvalue weighted by Crippen LogP contribution is -2.28. The number of ether oxygens (including phenoxy) is 1. The number of ketones is 1. The molecule has 0 bridgehead atoms. The van der Waals surface area contributed by atoms with Gasteiger partial charge in [-0.15, -0.1) is 11.3 Å². The summed E-state index contributed by atoms with van der Waals surface area (Å²) in [7, 11) is 1.74. The first-order valence-electron chi connectivity index (χ1n) is 8.25. The first-order valence-corrected chi connectivity index (χ1v) is 9.13. The van der Waals surface area contributed by atoms with Crippen molar-refractivity contribution < 1.29 is 19.7 Å². The average Bonchev–Trinajstić information content (AvgIpc) is 3.31. The van der Waals surface area contributed by atoms with Gasteiger partial charge in [-0.3, -0.25) is 9.69 Å². The number of aromatic nitrogens is 2. The number of hydrogen-bond donors (Lipinski definition) is 3. The van der Waals surface area contributed by atoms with Crippen molar-refractivity contribution in [3.05, 3.63) is 52.1 Å². The molecule has 0 aliphatic heterocycles. The molecule has 0 radical (unpaired) electrons. The second-order valence-corrected chi connectivity index (χ2v) is 6.70. The molecule has 1 atom stereocenters. The molecule has 26 heavy (non-hydrogen) atoms. The molecule has 3 aromatic rings. The van der Waals surface area contributed by atoms with Crippen molar-refractivity contribution in [2.75, 3.05) is 33.4 Å². The molecule has 0 aliphatic carbocycles. The summed E-state index contributed by atoms with van der Waals surface area (Å²) in [6.07, 6.45) is 0.767. The number of H-pyrrole nitrogens is 1. The van der Waals surface area contributed by atoms with E-state index in [1.165, 1.54) is 11.3 Å². The molecule has 0 spiro atoms. The number of aliphatic hydroxyl groups excluding tert-OH is 2. The Kier molecular flexibility index (Phi) is 6.12. The fourth-order valence-electron chi connectivity index (χ4n) is 2.61. The summed E-state index contributed by atoms with van der Waals surface area (Å²) in [6, 6.07) is 7.60. The van der Waals surface area contributed by atoms with Crippen molar-refractivity contribution in [2.24, 2.45) is 0 Å². The largest absolute Gasteiger partial charge is 0.394 e. The minimum absolute atomic E-state index is 0.0301. The Balaban J connectivity index is 1.70. The standard InChI is InChI=1S/C18H21N3O4S/c1-21(6-8-25-9-7-22)18(24)15-11-26-17(20-15)16(23)13-10-19-14-5-3-2-4-12(13)14/h2-5,10-11,18-19,22,24H,6-9H2,1H3. The van der Waals surface area contributed by atoms with Gasteiger partial charge in [0.15, 0.2) is 11.2 Å². The zero-order valence-corrected chi connectivity index (χ0v) is 15.2. The van der Waals surface area contributed by atoms with Crippen molar-refractivity contribution in [3.63, 3.8) is 0 Å². The van der Waals surface area contributed by atoms with Gasteiger partial charge in [-0.1, -0.05) is 18.2 Å². The van der Waals surface area contributed by atoms with Gasteiger partial charge in [-0.2, -0.15) is 0 Å². The summed E-state index contributed by atoms with van der Waals surface area (Å²) in [6.45, 7) is 1.10. The van der Waals surface area contributed by atoms with E-state index in [1.54, 1.807) is 23.5 Å². The lowest BCUT2D eigenvalue weighted by atomic mass is 10.1. The van der Waals surface area contributed by atoms with Crippen LogP contribution in [0.5, 0.6) is 0 Å². The van der Waals surface area contributed by atoms with Crippen molar-refractivity contribution in [1.29, 1.82) is 0 Å². The third kappa shape index (κ3) is 4.00. The Morgan fingerprint density at radius 3 is 3.00 bits per heavy atom. The van der Waals surface area contributed by atoms with E-state index in [9.17, 15) is 9.90 Å². The van der Waals surface area contributed by atoms with Crippen LogP contribution in [0.25, 0.3) is 10.9 Å². The molecule has 138 valence electrons. The summed E-state index contributed by atoms with van der Waals surface area (Å²) in [5, 5.41) is 22.0. The highest BCUT2D eigenvalue weighted by atomic mass is 32.1. The van der Waals surface area contributed by atoms with E-state index < -0.39 is 6.23 Å². The van der Waals surface area contributed by atoms with Crippen molar-refractivity contribution >= 4 is 28.0 Å². The number of para-hydroxylation sites is 1. The molecule has 8 heteroatoms. The van der Waals surface area contributed by atoms with Crippen molar-refractivity contribution in [2.45, 2.75) is 6.23 Å². The number of carbonyl (C=O) groups excluding carboxylic acids is 1. The minimum Gasteiger partial charge on any atom is -0.394 e. The van der Waals surface area contributed by atoms with Gasteiger partial charge in [-0.25, -0.2) is 4.98 Å². The van der Waals surface area contributed by atoms with E-state index in [4.69, 9.17) is 9.84 Å². The molecular weight excluding hydrogens is 354 g/mol. The fourth-order valence-corrected chi connectivity index (χ4v) is 3.39. The smallest absolute Gasteiger partial charge is 0.223 e. The number of likely N-dealkylation sites (N-methyl/N-ethyl adjacent to an activating group) is 1. The third-order valence-corrected chi connectivity index (χ3v) is 4.92. The molecular formula is C18H21N3O4S. The Bertz CT molecular complexity index is 876. The Morgan fingerprint density at radius 2 is 2.19 bits per heavy atom. The van der Waals surface area contributed by atoms with Gasteiger partial charge in [0.25, 0.3) is 0 Å². The molecule has 3 N–H and O–H groups in total. The number of hydrogen-bond acceptors (Lipinski definition) is 7. The summed E-state index contributed by atoms with van der Waals surface area (Å²) < 4.78 is 5.19. The van der Waals surface area contributed by atoms with Crippen LogP contribution in [0.3, 0.4) is 0 Å². The highest BCUT2D eigenvalue weighted by Crippen LogP contribution is 2.25. The number of benzene rings is 1. The summed E-state index contributed by atoms with van der Waals surface area (Å²) in [5.74, 6) is -0.167. The third-order valence-electron chi connectivity index (χ3n) is 4.06. The van der Waals surface area contributed by atoms with Gasteiger partial charge in [0.2, 0.25) is 5.78 Å². The second-order valence-electron chi connectivity index (χ2n) is 5.84. The van der Waals surface area contributed by atoms with E-state index >= 15 is 0 Å². The number of carbonyl (C=O) groups is 1. The average molecular weight is 375 g/mol. The van der Waals surface area contributed by atoms with Gasteiger partial charge >= 0.3 is 0 Å². The predicted molar refractivity (Wildman–Crippen MR) is 99.3 cm³/mol. The normalized spacial score (nSPS) is 12.8. The maximum atomic E-state index is 12.8. The zero-order valence-electron chi connectivity index (χ0n) is 14.4. The van der Waals surface area contributed by atoms with Gasteiger partial charge in [0.05, 0.1) is 31.1 Å². The maximum Gasteiger partial charge on any atom is 0.223 e. The lowest BCUT2D eigenvalue weighted by molar-refractivity contribution is -0.00582. The number of fused-ring (bicyclic) bond motifs is 1. The minimum atomic E-state index is -0.923. The number of rotatable bonds is 9. The number of nitrogens with zero attached hydrogens (tertiary/aromatic N) is 2. The summed E-state index contributed by atoms with van der Waals surface area (Å²) in [4.78, 5) is 21.8. The SMILES string of the molecule is CN(CCOCCO)C(O)c1csc(C(=O)c2c[nH]c3ccccc23)n1. The van der Waals surface area contributed by atoms with Crippen LogP contribution >= 0.6 is 11.3 Å². The molecule has 0 amide bonds. The van der Waals surface area contributed by atoms with Crippen LogP contribution < -0.4 is 0 Å². The molecule has 1 unspecified atom stereocenters. The highest BCUT2D eigenvalue weighted by Gasteiger charge is 2.21.